The van der Waals surface area contributed by atoms with Gasteiger partial charge >= 0.3 is 5.97 Å². The Hall–Kier alpha value is -2.84. The summed E-state index contributed by atoms with van der Waals surface area (Å²) in [5.41, 5.74) is 0.646. The Morgan fingerprint density at radius 2 is 2.16 bits per heavy atom. The van der Waals surface area contributed by atoms with E-state index in [1.54, 1.807) is 26.1 Å². The standard InChI is InChI=1S/C16H20FN5O3/c1-11-18-19-20-22(11)14(10-12-5-3-6-13(17)9-12)16(25)21(2)8-4-7-15(23)24/h3,5-6,9,14H,4,7-8,10H2,1-2H3,(H,23,24). The number of hydrogen-bond donors (Lipinski definition) is 1. The van der Waals surface area contributed by atoms with Gasteiger partial charge in [-0.15, -0.1) is 5.10 Å². The molecule has 0 saturated carbocycles. The van der Waals surface area contributed by atoms with Crippen molar-refractivity contribution in [1.82, 2.24) is 25.1 Å². The molecule has 0 aliphatic rings. The summed E-state index contributed by atoms with van der Waals surface area (Å²) in [5, 5.41) is 20.0. The van der Waals surface area contributed by atoms with Crippen LogP contribution in [0.25, 0.3) is 0 Å². The molecule has 1 atom stereocenters. The molecule has 8 nitrogen and oxygen atoms in total. The molecule has 2 aromatic rings. The van der Waals surface area contributed by atoms with E-state index in [4.69, 9.17) is 5.11 Å². The Morgan fingerprint density at radius 3 is 2.76 bits per heavy atom. The molecule has 25 heavy (non-hydrogen) atoms. The fourth-order valence-electron chi connectivity index (χ4n) is 2.52. The first-order valence-electron chi connectivity index (χ1n) is 7.84. The molecule has 0 radical (unpaired) electrons. The SMILES string of the molecule is Cc1nnnn1C(Cc1cccc(F)c1)C(=O)N(C)CCCC(=O)O. The van der Waals surface area contributed by atoms with Gasteiger partial charge in [0, 0.05) is 26.4 Å². The van der Waals surface area contributed by atoms with Gasteiger partial charge in [0.05, 0.1) is 0 Å². The van der Waals surface area contributed by atoms with Gasteiger partial charge in [0.1, 0.15) is 17.7 Å². The lowest BCUT2D eigenvalue weighted by atomic mass is 10.0. The first-order valence-corrected chi connectivity index (χ1v) is 7.84. The third kappa shape index (κ3) is 5.07. The van der Waals surface area contributed by atoms with Crippen LogP contribution in [0.2, 0.25) is 0 Å². The van der Waals surface area contributed by atoms with E-state index in [2.05, 4.69) is 15.5 Å². The number of carboxylic acids is 1. The van der Waals surface area contributed by atoms with Crippen LogP contribution in [0.5, 0.6) is 0 Å². The van der Waals surface area contributed by atoms with Crippen molar-refractivity contribution in [3.8, 4) is 0 Å². The van der Waals surface area contributed by atoms with E-state index in [0.717, 1.165) is 0 Å². The zero-order valence-electron chi connectivity index (χ0n) is 14.1. The average Bonchev–Trinajstić information content (AvgIpc) is 2.97. The van der Waals surface area contributed by atoms with Gasteiger partial charge in [0.25, 0.3) is 0 Å². The van der Waals surface area contributed by atoms with E-state index in [1.165, 1.54) is 21.7 Å². The topological polar surface area (TPSA) is 101 Å². The largest absolute Gasteiger partial charge is 0.481 e. The normalized spacial score (nSPS) is 12.0. The Kier molecular flexibility index (Phi) is 6.15. The van der Waals surface area contributed by atoms with Gasteiger partial charge in [0.15, 0.2) is 0 Å². The summed E-state index contributed by atoms with van der Waals surface area (Å²) in [6, 6.07) is 5.28. The quantitative estimate of drug-likeness (QED) is 0.769. The highest BCUT2D eigenvalue weighted by atomic mass is 19.1. The van der Waals surface area contributed by atoms with Crippen LogP contribution in [-0.2, 0) is 16.0 Å². The van der Waals surface area contributed by atoms with Gasteiger partial charge in [-0.3, -0.25) is 9.59 Å². The van der Waals surface area contributed by atoms with E-state index in [1.807, 2.05) is 0 Å². The maximum atomic E-state index is 13.4. The maximum Gasteiger partial charge on any atom is 0.303 e. The van der Waals surface area contributed by atoms with E-state index in [9.17, 15) is 14.0 Å². The molecule has 0 fully saturated rings. The molecule has 1 amide bonds. The second-order valence-corrected chi connectivity index (χ2v) is 5.78. The van der Waals surface area contributed by atoms with Crippen LogP contribution in [0.3, 0.4) is 0 Å². The van der Waals surface area contributed by atoms with E-state index in [-0.39, 0.29) is 24.6 Å². The van der Waals surface area contributed by atoms with Crippen LogP contribution in [0.15, 0.2) is 24.3 Å². The maximum absolute atomic E-state index is 13.4. The van der Waals surface area contributed by atoms with Gasteiger partial charge in [-0.1, -0.05) is 12.1 Å². The highest BCUT2D eigenvalue weighted by Crippen LogP contribution is 2.18. The number of aromatic nitrogens is 4. The van der Waals surface area contributed by atoms with Crippen molar-refractivity contribution in [1.29, 1.82) is 0 Å². The number of nitrogens with zero attached hydrogens (tertiary/aromatic N) is 5. The summed E-state index contributed by atoms with van der Waals surface area (Å²) in [6.45, 7) is 1.97. The number of tetrazole rings is 1. The van der Waals surface area contributed by atoms with Crippen molar-refractivity contribution in [3.63, 3.8) is 0 Å². The number of hydrogen-bond acceptors (Lipinski definition) is 5. The summed E-state index contributed by atoms with van der Waals surface area (Å²) < 4.78 is 14.8. The Labute approximate surface area is 144 Å². The van der Waals surface area contributed by atoms with Crippen LogP contribution in [0, 0.1) is 12.7 Å². The summed E-state index contributed by atoms with van der Waals surface area (Å²) in [6.07, 6.45) is 0.556. The minimum atomic E-state index is -0.909. The van der Waals surface area contributed by atoms with Gasteiger partial charge in [-0.2, -0.15) is 0 Å². The molecule has 9 heteroatoms. The first kappa shape index (κ1) is 18.5. The molecule has 0 saturated heterocycles. The number of benzene rings is 1. The molecule has 0 aliphatic heterocycles. The van der Waals surface area contributed by atoms with Crippen molar-refractivity contribution in [2.45, 2.75) is 32.2 Å². The molecule has 1 N–H and O–H groups in total. The van der Waals surface area contributed by atoms with Crippen molar-refractivity contribution < 1.29 is 19.1 Å². The minimum absolute atomic E-state index is 0.0178. The summed E-state index contributed by atoms with van der Waals surface area (Å²) in [4.78, 5) is 24.9. The van der Waals surface area contributed by atoms with Crippen LogP contribution in [-0.4, -0.2) is 55.7 Å². The fraction of sp³-hybridized carbons (Fsp3) is 0.438. The van der Waals surface area contributed by atoms with Crippen LogP contribution < -0.4 is 0 Å². The molecule has 0 aliphatic carbocycles. The third-order valence-corrected chi connectivity index (χ3v) is 3.82. The first-order chi connectivity index (χ1) is 11.9. The highest BCUT2D eigenvalue weighted by Gasteiger charge is 2.27. The number of carbonyl (C=O) groups is 2. The molecule has 0 spiro atoms. The summed E-state index contributed by atoms with van der Waals surface area (Å²) in [5.74, 6) is -1.08. The summed E-state index contributed by atoms with van der Waals surface area (Å²) in [7, 11) is 1.60. The molecule has 1 unspecified atom stereocenters. The Balaban J connectivity index is 2.18. The zero-order valence-corrected chi connectivity index (χ0v) is 14.1. The van der Waals surface area contributed by atoms with Crippen molar-refractivity contribution in [2.24, 2.45) is 0 Å². The van der Waals surface area contributed by atoms with Crippen molar-refractivity contribution in [3.05, 3.63) is 41.5 Å². The Bertz CT molecular complexity index is 749. The molecule has 1 heterocycles. The molecular weight excluding hydrogens is 329 g/mol. The van der Waals surface area contributed by atoms with Crippen LogP contribution in [0.4, 0.5) is 4.39 Å². The second kappa shape index (κ2) is 8.32. The minimum Gasteiger partial charge on any atom is -0.481 e. The van der Waals surface area contributed by atoms with Gasteiger partial charge in [-0.25, -0.2) is 9.07 Å². The van der Waals surface area contributed by atoms with E-state index >= 15 is 0 Å². The fourth-order valence-corrected chi connectivity index (χ4v) is 2.52. The number of rotatable bonds is 8. The smallest absolute Gasteiger partial charge is 0.303 e. The molecule has 1 aromatic heterocycles. The zero-order chi connectivity index (χ0) is 18.4. The number of carbonyl (C=O) groups excluding carboxylic acids is 1. The molecule has 2 rings (SSSR count). The summed E-state index contributed by atoms with van der Waals surface area (Å²) >= 11 is 0. The average molecular weight is 349 g/mol. The van der Waals surface area contributed by atoms with Crippen LogP contribution in [0.1, 0.15) is 30.3 Å². The molecule has 134 valence electrons. The van der Waals surface area contributed by atoms with Crippen LogP contribution >= 0.6 is 0 Å². The number of carboxylic acid groups (broad SMARTS) is 1. The molecule has 1 aromatic carbocycles. The number of aliphatic carboxylic acids is 1. The number of likely N-dealkylation sites (N-methyl/N-ethyl adjacent to an activating group) is 1. The number of halogens is 1. The third-order valence-electron chi connectivity index (χ3n) is 3.82. The van der Waals surface area contributed by atoms with Gasteiger partial charge in [-0.05, 0) is 41.5 Å². The second-order valence-electron chi connectivity index (χ2n) is 5.78. The highest BCUT2D eigenvalue weighted by molar-refractivity contribution is 5.80. The lowest BCUT2D eigenvalue weighted by Crippen LogP contribution is -2.37. The predicted molar refractivity (Wildman–Crippen MR) is 86.2 cm³/mol. The Morgan fingerprint density at radius 1 is 1.40 bits per heavy atom. The van der Waals surface area contributed by atoms with Crippen molar-refractivity contribution in [2.75, 3.05) is 13.6 Å². The van der Waals surface area contributed by atoms with E-state index < -0.39 is 12.0 Å². The molecule has 0 bridgehead atoms. The lowest BCUT2D eigenvalue weighted by Gasteiger charge is -2.24. The predicted octanol–water partition coefficient (Wildman–Crippen LogP) is 1.23. The monoisotopic (exact) mass is 349 g/mol. The van der Waals surface area contributed by atoms with Gasteiger partial charge in [0.2, 0.25) is 5.91 Å². The van der Waals surface area contributed by atoms with Crippen molar-refractivity contribution >= 4 is 11.9 Å². The molecular formula is C16H20FN5O3. The van der Waals surface area contributed by atoms with E-state index in [0.29, 0.717) is 24.4 Å². The number of amides is 1. The number of aryl methyl sites for hydroxylation is 1. The lowest BCUT2D eigenvalue weighted by molar-refractivity contribution is -0.138. The van der Waals surface area contributed by atoms with Gasteiger partial charge < -0.3 is 10.0 Å².